The highest BCUT2D eigenvalue weighted by Gasteiger charge is 2.42. The van der Waals surface area contributed by atoms with Crippen LogP contribution < -0.4 is 21.3 Å². The summed E-state index contributed by atoms with van der Waals surface area (Å²) < 4.78 is 10.4. The van der Waals surface area contributed by atoms with Crippen molar-refractivity contribution in [3.63, 3.8) is 0 Å². The monoisotopic (exact) mass is 560 g/mol. The van der Waals surface area contributed by atoms with Crippen molar-refractivity contribution in [1.29, 1.82) is 0 Å². The van der Waals surface area contributed by atoms with E-state index in [-0.39, 0.29) is 36.7 Å². The number of fused-ring (bicyclic) bond motifs is 1. The fourth-order valence-corrected chi connectivity index (χ4v) is 6.13. The van der Waals surface area contributed by atoms with Crippen LogP contribution in [0, 0.1) is 11.3 Å². The van der Waals surface area contributed by atoms with E-state index in [0.29, 0.717) is 19.4 Å². The fraction of sp³-hybridized carbons (Fsp3) is 0.700. The average molecular weight is 561 g/mol. The number of carbonyl (C=O) groups excluding carboxylic acids is 3. The van der Waals surface area contributed by atoms with E-state index in [0.717, 1.165) is 36.9 Å². The van der Waals surface area contributed by atoms with Crippen molar-refractivity contribution in [2.75, 3.05) is 32.2 Å². The van der Waals surface area contributed by atoms with Gasteiger partial charge in [-0.3, -0.25) is 9.59 Å². The van der Waals surface area contributed by atoms with Gasteiger partial charge in [-0.15, -0.1) is 0 Å². The zero-order valence-corrected chi connectivity index (χ0v) is 24.7. The summed E-state index contributed by atoms with van der Waals surface area (Å²) >= 11 is 0. The predicted molar refractivity (Wildman–Crippen MR) is 154 cm³/mol. The minimum absolute atomic E-state index is 0.00999. The van der Waals surface area contributed by atoms with E-state index in [1.54, 1.807) is 12.0 Å². The van der Waals surface area contributed by atoms with Gasteiger partial charge in [0, 0.05) is 38.3 Å². The zero-order valence-electron chi connectivity index (χ0n) is 24.7. The number of para-hydroxylation sites is 1. The maximum absolute atomic E-state index is 13.5. The van der Waals surface area contributed by atoms with Gasteiger partial charge in [0.2, 0.25) is 5.91 Å². The number of amides is 3. The van der Waals surface area contributed by atoms with Crippen molar-refractivity contribution in [2.24, 2.45) is 17.1 Å². The molecule has 3 rings (SSSR count). The number of nitrogens with two attached hydrogens (primary N) is 1. The molecule has 0 spiro atoms. The number of alkyl carbamates (subject to hydrolysis) is 1. The molecular formula is C30H48N4O6. The topological polar surface area (TPSA) is 143 Å². The second-order valence-corrected chi connectivity index (χ2v) is 12.3. The second kappa shape index (κ2) is 13.8. The van der Waals surface area contributed by atoms with Gasteiger partial charge in [-0.05, 0) is 55.6 Å². The molecule has 10 nitrogen and oxygen atoms in total. The molecular weight excluding hydrogens is 512 g/mol. The summed E-state index contributed by atoms with van der Waals surface area (Å²) in [6.45, 7) is 6.06. The average Bonchev–Trinajstić information content (AvgIpc) is 2.94. The predicted octanol–water partition coefficient (Wildman–Crippen LogP) is 2.90. The number of carbonyl (C=O) groups is 3. The van der Waals surface area contributed by atoms with Crippen molar-refractivity contribution >= 4 is 23.6 Å². The van der Waals surface area contributed by atoms with Crippen LogP contribution in [0.2, 0.25) is 0 Å². The molecule has 1 aromatic rings. The summed E-state index contributed by atoms with van der Waals surface area (Å²) in [4.78, 5) is 40.1. The van der Waals surface area contributed by atoms with Gasteiger partial charge in [-0.25, -0.2) is 4.79 Å². The molecule has 224 valence electrons. The number of anilines is 1. The molecule has 0 saturated heterocycles. The summed E-state index contributed by atoms with van der Waals surface area (Å²) in [5.74, 6) is -0.182. The molecule has 0 bridgehead atoms. The van der Waals surface area contributed by atoms with Crippen molar-refractivity contribution in [3.8, 4) is 0 Å². The molecule has 1 aliphatic carbocycles. The van der Waals surface area contributed by atoms with Crippen LogP contribution in [0.25, 0.3) is 0 Å². The summed E-state index contributed by atoms with van der Waals surface area (Å²) in [5, 5.41) is 16.5. The first-order valence-electron chi connectivity index (χ1n) is 14.4. The highest BCUT2D eigenvalue weighted by atomic mass is 16.5. The molecule has 1 aliphatic heterocycles. The van der Waals surface area contributed by atoms with Crippen LogP contribution in [-0.2, 0) is 25.5 Å². The number of ether oxygens (including phenoxy) is 2. The van der Waals surface area contributed by atoms with Gasteiger partial charge in [0.05, 0.1) is 19.3 Å². The van der Waals surface area contributed by atoms with Crippen LogP contribution in [0.4, 0.5) is 10.5 Å². The van der Waals surface area contributed by atoms with Gasteiger partial charge in [0.25, 0.3) is 5.91 Å². The van der Waals surface area contributed by atoms with E-state index in [4.69, 9.17) is 15.2 Å². The SMILES string of the molecule is COC(=O)NC1Cc2ccccc2N(C(=O)CC(C)(C)C[C@H](N)[C@@H](O)CNC(=O)[C@](C)(OC)C2CCCCC2)C1. The Balaban J connectivity index is 1.58. The normalized spacial score (nSPS) is 21.0. The van der Waals surface area contributed by atoms with Gasteiger partial charge in [0.15, 0.2) is 0 Å². The molecule has 1 unspecified atom stereocenters. The lowest BCUT2D eigenvalue weighted by Gasteiger charge is -2.38. The maximum Gasteiger partial charge on any atom is 0.407 e. The number of hydrogen-bond donors (Lipinski definition) is 4. The molecule has 40 heavy (non-hydrogen) atoms. The summed E-state index contributed by atoms with van der Waals surface area (Å²) in [6.07, 6.45) is 4.91. The quantitative estimate of drug-likeness (QED) is 0.326. The third kappa shape index (κ3) is 7.95. The standard InChI is InChI=1S/C30H48N4O6/c1-29(2,16-23(31)25(35)18-32-27(37)30(3,40-5)21-12-7-6-8-13-21)17-26(36)34-19-22(33-28(38)39-4)15-20-11-9-10-14-24(20)34/h9-11,14,21-23,25,35H,6-8,12-13,15-19,31H2,1-5H3,(H,32,37)(H,33,38)/t22?,23-,25-,30+/m0/s1. The summed E-state index contributed by atoms with van der Waals surface area (Å²) in [6, 6.07) is 6.75. The van der Waals surface area contributed by atoms with Crippen LogP contribution in [0.15, 0.2) is 24.3 Å². The van der Waals surface area contributed by atoms with Gasteiger partial charge in [-0.2, -0.15) is 0 Å². The van der Waals surface area contributed by atoms with E-state index >= 15 is 0 Å². The number of methoxy groups -OCH3 is 2. The molecule has 1 fully saturated rings. The van der Waals surface area contributed by atoms with Gasteiger partial charge < -0.3 is 35.8 Å². The molecule has 0 radical (unpaired) electrons. The Hall–Kier alpha value is -2.69. The first-order valence-corrected chi connectivity index (χ1v) is 14.4. The van der Waals surface area contributed by atoms with Crippen LogP contribution >= 0.6 is 0 Å². The number of rotatable bonds is 11. The number of aliphatic hydroxyl groups is 1. The molecule has 0 aromatic heterocycles. The Morgan fingerprint density at radius 1 is 1.12 bits per heavy atom. The highest BCUT2D eigenvalue weighted by molar-refractivity contribution is 5.95. The Morgan fingerprint density at radius 2 is 1.80 bits per heavy atom. The van der Waals surface area contributed by atoms with E-state index < -0.39 is 29.3 Å². The van der Waals surface area contributed by atoms with Crippen molar-refractivity contribution in [1.82, 2.24) is 10.6 Å². The Labute approximate surface area is 238 Å². The number of nitrogens with one attached hydrogen (secondary N) is 2. The molecule has 4 atom stereocenters. The van der Waals surface area contributed by atoms with Crippen LogP contribution in [0.5, 0.6) is 0 Å². The van der Waals surface area contributed by atoms with Crippen LogP contribution in [-0.4, -0.2) is 74.1 Å². The minimum Gasteiger partial charge on any atom is -0.453 e. The van der Waals surface area contributed by atoms with Crippen molar-refractivity contribution in [3.05, 3.63) is 29.8 Å². The van der Waals surface area contributed by atoms with E-state index in [1.165, 1.54) is 13.5 Å². The molecule has 1 heterocycles. The Kier molecular flexibility index (Phi) is 11.0. The van der Waals surface area contributed by atoms with E-state index in [1.807, 2.05) is 45.0 Å². The minimum atomic E-state index is -0.977. The first kappa shape index (κ1) is 31.8. The molecule has 10 heteroatoms. The summed E-state index contributed by atoms with van der Waals surface area (Å²) in [7, 11) is 2.87. The lowest BCUT2D eigenvalue weighted by Crippen LogP contribution is -2.55. The number of aliphatic hydroxyl groups excluding tert-OH is 1. The van der Waals surface area contributed by atoms with Gasteiger partial charge in [0.1, 0.15) is 5.60 Å². The molecule has 1 saturated carbocycles. The van der Waals surface area contributed by atoms with Gasteiger partial charge in [-0.1, -0.05) is 51.3 Å². The Bertz CT molecular complexity index is 1030. The smallest absolute Gasteiger partial charge is 0.407 e. The third-order valence-corrected chi connectivity index (χ3v) is 8.60. The Morgan fingerprint density at radius 3 is 2.45 bits per heavy atom. The van der Waals surface area contributed by atoms with Crippen LogP contribution in [0.1, 0.15) is 71.3 Å². The number of benzene rings is 1. The van der Waals surface area contributed by atoms with Crippen molar-refractivity contribution in [2.45, 2.75) is 95.9 Å². The molecule has 5 N–H and O–H groups in total. The third-order valence-electron chi connectivity index (χ3n) is 8.60. The fourth-order valence-electron chi connectivity index (χ4n) is 6.13. The highest BCUT2D eigenvalue weighted by Crippen LogP contribution is 2.35. The molecule has 1 aromatic carbocycles. The first-order chi connectivity index (χ1) is 18.9. The largest absolute Gasteiger partial charge is 0.453 e. The van der Waals surface area contributed by atoms with E-state index in [2.05, 4.69) is 10.6 Å². The van der Waals surface area contributed by atoms with Gasteiger partial charge >= 0.3 is 6.09 Å². The lowest BCUT2D eigenvalue weighted by atomic mass is 9.77. The second-order valence-electron chi connectivity index (χ2n) is 12.3. The lowest BCUT2D eigenvalue weighted by molar-refractivity contribution is -0.150. The van der Waals surface area contributed by atoms with E-state index in [9.17, 15) is 19.5 Å². The molecule has 2 aliphatic rings. The van der Waals surface area contributed by atoms with Crippen molar-refractivity contribution < 1.29 is 29.0 Å². The number of nitrogens with zero attached hydrogens (tertiary/aromatic N) is 1. The maximum atomic E-state index is 13.5. The molecule has 3 amide bonds. The zero-order chi connectivity index (χ0) is 29.5. The number of hydrogen-bond acceptors (Lipinski definition) is 7. The summed E-state index contributed by atoms with van der Waals surface area (Å²) in [5.41, 5.74) is 6.71. The van der Waals surface area contributed by atoms with Crippen LogP contribution in [0.3, 0.4) is 0 Å².